The Morgan fingerprint density at radius 1 is 1.09 bits per heavy atom. The number of carboxylic acids is 1. The SMILES string of the molecule is Cc1ccc(N(CCO)CCO)cc1C[C@@](C)(CC(=O)O)NC(=O)OC(C)c1ccccc1. The van der Waals surface area contributed by atoms with E-state index in [-0.39, 0.29) is 26.1 Å². The fourth-order valence-corrected chi connectivity index (χ4v) is 3.79. The largest absolute Gasteiger partial charge is 0.481 e. The summed E-state index contributed by atoms with van der Waals surface area (Å²) in [5.41, 5.74) is 2.34. The molecule has 0 spiro atoms. The summed E-state index contributed by atoms with van der Waals surface area (Å²) in [6.07, 6.45) is -1.20. The minimum absolute atomic E-state index is 0.0626. The first kappa shape index (κ1) is 26.2. The quantitative estimate of drug-likeness (QED) is 0.386. The van der Waals surface area contributed by atoms with Gasteiger partial charge < -0.3 is 30.3 Å². The Kier molecular flexibility index (Phi) is 9.69. The van der Waals surface area contributed by atoms with Crippen LogP contribution in [0.25, 0.3) is 0 Å². The smallest absolute Gasteiger partial charge is 0.408 e. The van der Waals surface area contributed by atoms with Crippen molar-refractivity contribution in [2.75, 3.05) is 31.2 Å². The normalized spacial score (nSPS) is 13.6. The molecule has 2 atom stereocenters. The van der Waals surface area contributed by atoms with Crippen molar-refractivity contribution >= 4 is 17.7 Å². The Balaban J connectivity index is 2.22. The second-order valence-electron chi connectivity index (χ2n) is 8.44. The molecule has 4 N–H and O–H groups in total. The van der Waals surface area contributed by atoms with Crippen molar-refractivity contribution in [1.29, 1.82) is 0 Å². The molecule has 33 heavy (non-hydrogen) atoms. The van der Waals surface area contributed by atoms with Gasteiger partial charge in [-0.3, -0.25) is 4.79 Å². The molecule has 2 rings (SSSR count). The third-order valence-corrected chi connectivity index (χ3v) is 5.52. The number of aliphatic carboxylic acids is 1. The molecule has 2 aromatic carbocycles. The number of nitrogens with zero attached hydrogens (tertiary/aromatic N) is 1. The molecule has 0 aliphatic rings. The Bertz CT molecular complexity index is 914. The first-order chi connectivity index (χ1) is 15.7. The average Bonchev–Trinajstić information content (AvgIpc) is 2.75. The molecule has 0 radical (unpaired) electrons. The third-order valence-electron chi connectivity index (χ3n) is 5.52. The van der Waals surface area contributed by atoms with Crippen molar-refractivity contribution in [3.8, 4) is 0 Å². The third kappa shape index (κ3) is 8.07. The van der Waals surface area contributed by atoms with Crippen LogP contribution in [0.3, 0.4) is 0 Å². The summed E-state index contributed by atoms with van der Waals surface area (Å²) >= 11 is 0. The standard InChI is InChI=1S/C25H34N2O6/c1-18-9-10-22(27(11-13-28)12-14-29)15-21(18)16-25(3,17-23(30)31)26-24(32)33-19(2)20-7-5-4-6-8-20/h4-10,15,19,28-29H,11-14,16-17H2,1-3H3,(H,26,32)(H,30,31)/t19?,25-/m0/s1. The van der Waals surface area contributed by atoms with Gasteiger partial charge in [0.2, 0.25) is 0 Å². The minimum Gasteiger partial charge on any atom is -0.481 e. The summed E-state index contributed by atoms with van der Waals surface area (Å²) in [6, 6.07) is 15.0. The van der Waals surface area contributed by atoms with Gasteiger partial charge in [-0.05, 0) is 56.0 Å². The molecule has 0 aromatic heterocycles. The first-order valence-corrected chi connectivity index (χ1v) is 11.0. The van der Waals surface area contributed by atoms with E-state index in [1.165, 1.54) is 0 Å². The highest BCUT2D eigenvalue weighted by molar-refractivity contribution is 5.73. The van der Waals surface area contributed by atoms with Crippen LogP contribution in [0.2, 0.25) is 0 Å². The molecule has 1 unspecified atom stereocenters. The highest BCUT2D eigenvalue weighted by atomic mass is 16.6. The van der Waals surface area contributed by atoms with E-state index >= 15 is 0 Å². The number of amides is 1. The van der Waals surface area contributed by atoms with Crippen LogP contribution < -0.4 is 10.2 Å². The van der Waals surface area contributed by atoms with E-state index in [9.17, 15) is 24.9 Å². The van der Waals surface area contributed by atoms with Gasteiger partial charge in [0.25, 0.3) is 0 Å². The second kappa shape index (κ2) is 12.2. The van der Waals surface area contributed by atoms with Crippen molar-refractivity contribution in [3.05, 3.63) is 65.2 Å². The lowest BCUT2D eigenvalue weighted by atomic mass is 9.87. The highest BCUT2D eigenvalue weighted by Crippen LogP contribution is 2.26. The number of anilines is 1. The molecular formula is C25H34N2O6. The lowest BCUT2D eigenvalue weighted by Gasteiger charge is -2.31. The number of aryl methyl sites for hydroxylation is 1. The Hall–Kier alpha value is -3.10. The summed E-state index contributed by atoms with van der Waals surface area (Å²) in [6.45, 7) is 5.95. The molecule has 0 bridgehead atoms. The summed E-state index contributed by atoms with van der Waals surface area (Å²) in [5.74, 6) is -1.04. The van der Waals surface area contributed by atoms with Crippen LogP contribution in [-0.2, 0) is 16.0 Å². The van der Waals surface area contributed by atoms with Gasteiger partial charge in [-0.2, -0.15) is 0 Å². The van der Waals surface area contributed by atoms with Crippen molar-refractivity contribution < 1.29 is 29.6 Å². The summed E-state index contributed by atoms with van der Waals surface area (Å²) in [4.78, 5) is 26.1. The number of aliphatic hydroxyl groups is 2. The number of carboxylic acid groups (broad SMARTS) is 1. The van der Waals surface area contributed by atoms with E-state index < -0.39 is 23.7 Å². The zero-order chi connectivity index (χ0) is 24.4. The van der Waals surface area contributed by atoms with Gasteiger partial charge >= 0.3 is 12.1 Å². The number of alkyl carbamates (subject to hydrolysis) is 1. The van der Waals surface area contributed by atoms with Gasteiger partial charge in [0.15, 0.2) is 0 Å². The topological polar surface area (TPSA) is 119 Å². The fourth-order valence-electron chi connectivity index (χ4n) is 3.79. The van der Waals surface area contributed by atoms with Crippen molar-refractivity contribution in [1.82, 2.24) is 5.32 Å². The molecule has 0 saturated heterocycles. The van der Waals surface area contributed by atoms with Crippen molar-refractivity contribution in [2.24, 2.45) is 0 Å². The van der Waals surface area contributed by atoms with Crippen molar-refractivity contribution in [2.45, 2.75) is 45.3 Å². The number of carbonyl (C=O) groups excluding carboxylic acids is 1. The molecule has 180 valence electrons. The summed E-state index contributed by atoms with van der Waals surface area (Å²) in [5, 5.41) is 30.9. The van der Waals surface area contributed by atoms with Crippen LogP contribution in [0, 0.1) is 6.92 Å². The van der Waals surface area contributed by atoms with Crippen LogP contribution in [0.4, 0.5) is 10.5 Å². The van der Waals surface area contributed by atoms with E-state index in [1.807, 2.05) is 60.4 Å². The molecule has 1 amide bonds. The van der Waals surface area contributed by atoms with Crippen LogP contribution in [-0.4, -0.2) is 59.2 Å². The average molecular weight is 459 g/mol. The van der Waals surface area contributed by atoms with Gasteiger partial charge in [-0.1, -0.05) is 36.4 Å². The highest BCUT2D eigenvalue weighted by Gasteiger charge is 2.32. The number of rotatable bonds is 12. The lowest BCUT2D eigenvalue weighted by molar-refractivity contribution is -0.138. The van der Waals surface area contributed by atoms with E-state index in [1.54, 1.807) is 13.8 Å². The van der Waals surface area contributed by atoms with E-state index in [2.05, 4.69) is 5.32 Å². The fraction of sp³-hybridized carbons (Fsp3) is 0.440. The number of nitrogens with one attached hydrogen (secondary N) is 1. The number of ether oxygens (including phenoxy) is 1. The predicted molar refractivity (Wildman–Crippen MR) is 126 cm³/mol. The molecule has 0 saturated carbocycles. The molecular weight excluding hydrogens is 424 g/mol. The van der Waals surface area contributed by atoms with Gasteiger partial charge in [0.05, 0.1) is 25.2 Å². The number of carbonyl (C=O) groups is 2. The number of hydrogen-bond acceptors (Lipinski definition) is 6. The van der Waals surface area contributed by atoms with E-state index in [0.29, 0.717) is 13.1 Å². The zero-order valence-corrected chi connectivity index (χ0v) is 19.5. The Labute approximate surface area is 194 Å². The minimum atomic E-state index is -1.10. The van der Waals surface area contributed by atoms with Gasteiger partial charge in [0.1, 0.15) is 6.10 Å². The Morgan fingerprint density at radius 3 is 2.30 bits per heavy atom. The first-order valence-electron chi connectivity index (χ1n) is 11.0. The molecule has 2 aromatic rings. The maximum atomic E-state index is 12.7. The zero-order valence-electron chi connectivity index (χ0n) is 19.5. The molecule has 0 fully saturated rings. The summed E-state index contributed by atoms with van der Waals surface area (Å²) in [7, 11) is 0. The van der Waals surface area contributed by atoms with Crippen molar-refractivity contribution in [3.63, 3.8) is 0 Å². The molecule has 0 aliphatic carbocycles. The molecule has 0 aliphatic heterocycles. The van der Waals surface area contributed by atoms with E-state index in [4.69, 9.17) is 4.74 Å². The maximum absolute atomic E-state index is 12.7. The second-order valence-corrected chi connectivity index (χ2v) is 8.44. The van der Waals surface area contributed by atoms with Crippen LogP contribution >= 0.6 is 0 Å². The number of aliphatic hydroxyl groups excluding tert-OH is 2. The predicted octanol–water partition coefficient (Wildman–Crippen LogP) is 3.05. The van der Waals surface area contributed by atoms with Crippen LogP contribution in [0.5, 0.6) is 0 Å². The lowest BCUT2D eigenvalue weighted by Crippen LogP contribution is -2.49. The van der Waals surface area contributed by atoms with Gasteiger partial charge in [-0.25, -0.2) is 4.79 Å². The van der Waals surface area contributed by atoms with Crippen LogP contribution in [0.15, 0.2) is 48.5 Å². The molecule has 0 heterocycles. The molecule has 8 heteroatoms. The summed E-state index contributed by atoms with van der Waals surface area (Å²) < 4.78 is 5.50. The van der Waals surface area contributed by atoms with Gasteiger partial charge in [0, 0.05) is 18.8 Å². The van der Waals surface area contributed by atoms with Gasteiger partial charge in [-0.15, -0.1) is 0 Å². The number of hydrogen-bond donors (Lipinski definition) is 4. The monoisotopic (exact) mass is 458 g/mol. The molecule has 8 nitrogen and oxygen atoms in total. The van der Waals surface area contributed by atoms with Crippen LogP contribution in [0.1, 0.15) is 43.1 Å². The maximum Gasteiger partial charge on any atom is 0.408 e. The Morgan fingerprint density at radius 2 is 1.73 bits per heavy atom. The number of benzene rings is 2. The van der Waals surface area contributed by atoms with E-state index in [0.717, 1.165) is 22.4 Å².